The van der Waals surface area contributed by atoms with Crippen LogP contribution in [0.25, 0.3) is 0 Å². The van der Waals surface area contributed by atoms with Crippen molar-refractivity contribution in [2.75, 3.05) is 13.6 Å². The molecule has 3 nitrogen and oxygen atoms in total. The van der Waals surface area contributed by atoms with E-state index < -0.39 is 0 Å². The average Bonchev–Trinajstić information content (AvgIpc) is 2.28. The van der Waals surface area contributed by atoms with Gasteiger partial charge in [0.2, 0.25) is 0 Å². The van der Waals surface area contributed by atoms with Crippen molar-refractivity contribution < 1.29 is 4.79 Å². The van der Waals surface area contributed by atoms with Crippen molar-refractivity contribution in [2.24, 2.45) is 0 Å². The van der Waals surface area contributed by atoms with E-state index in [4.69, 9.17) is 0 Å². The molecule has 0 bridgehead atoms. The summed E-state index contributed by atoms with van der Waals surface area (Å²) in [5.74, 6) is 0.277. The highest BCUT2D eigenvalue weighted by atomic mass is 16.1. The molecule has 1 aromatic heterocycles. The Hall–Kier alpha value is -1.22. The van der Waals surface area contributed by atoms with Crippen LogP contribution in [0.5, 0.6) is 0 Å². The van der Waals surface area contributed by atoms with Crippen LogP contribution in [-0.4, -0.2) is 24.4 Å². The minimum Gasteiger partial charge on any atom is -0.313 e. The second-order valence-electron chi connectivity index (χ2n) is 3.99. The van der Waals surface area contributed by atoms with Crippen molar-refractivity contribution in [1.29, 1.82) is 0 Å². The normalized spacial score (nSPS) is 19.7. The Morgan fingerprint density at radius 3 is 3.33 bits per heavy atom. The van der Waals surface area contributed by atoms with Crippen LogP contribution >= 0.6 is 0 Å². The molecule has 80 valence electrons. The van der Waals surface area contributed by atoms with Gasteiger partial charge in [-0.15, -0.1) is 0 Å². The molecule has 1 aliphatic rings. The Labute approximate surface area is 89.9 Å². The van der Waals surface area contributed by atoms with Gasteiger partial charge in [-0.3, -0.25) is 9.78 Å². The summed E-state index contributed by atoms with van der Waals surface area (Å²) in [6, 6.07) is 4.03. The maximum absolute atomic E-state index is 11.9. The van der Waals surface area contributed by atoms with Crippen LogP contribution in [0.1, 0.15) is 30.0 Å². The predicted octanol–water partition coefficient (Wildman–Crippen LogP) is 1.29. The summed E-state index contributed by atoms with van der Waals surface area (Å²) in [6.07, 6.45) is 4.89. The minimum atomic E-state index is 0.0161. The molecule has 0 fully saturated rings. The number of nitrogens with zero attached hydrogens (tertiary/aromatic N) is 1. The first-order valence-corrected chi connectivity index (χ1v) is 5.44. The van der Waals surface area contributed by atoms with Crippen LogP contribution in [0, 0.1) is 0 Å². The second kappa shape index (κ2) is 4.53. The highest BCUT2D eigenvalue weighted by Gasteiger charge is 2.26. The summed E-state index contributed by atoms with van der Waals surface area (Å²) >= 11 is 0. The van der Waals surface area contributed by atoms with E-state index in [1.54, 1.807) is 13.2 Å². The van der Waals surface area contributed by atoms with Crippen LogP contribution in [-0.2, 0) is 11.2 Å². The molecule has 1 aromatic rings. The average molecular weight is 204 g/mol. The zero-order chi connectivity index (χ0) is 10.7. The van der Waals surface area contributed by atoms with Gasteiger partial charge in [-0.1, -0.05) is 6.07 Å². The molecule has 0 amide bonds. The predicted molar refractivity (Wildman–Crippen MR) is 58.8 cm³/mol. The largest absolute Gasteiger partial charge is 0.313 e. The maximum atomic E-state index is 11.9. The fourth-order valence-electron chi connectivity index (χ4n) is 2.22. The molecule has 15 heavy (non-hydrogen) atoms. The number of pyridine rings is 1. The number of rotatable bonds is 3. The van der Waals surface area contributed by atoms with Gasteiger partial charge in [0, 0.05) is 6.20 Å². The number of fused-ring (bicyclic) bond motifs is 1. The van der Waals surface area contributed by atoms with Crippen LogP contribution in [0.4, 0.5) is 0 Å². The molecule has 0 saturated heterocycles. The molecule has 3 heteroatoms. The molecular weight excluding hydrogens is 188 g/mol. The van der Waals surface area contributed by atoms with E-state index >= 15 is 0 Å². The van der Waals surface area contributed by atoms with Crippen LogP contribution in [0.15, 0.2) is 18.3 Å². The number of aryl methyl sites for hydroxylation is 1. The van der Waals surface area contributed by atoms with Crippen LogP contribution in [0.3, 0.4) is 0 Å². The number of ketones is 1. The van der Waals surface area contributed by atoms with Crippen LogP contribution in [0.2, 0.25) is 0 Å². The monoisotopic (exact) mass is 204 g/mol. The SMILES string of the molecule is CNCC(=O)C1CCCc2cccnc21. The Bertz CT molecular complexity index is 362. The number of Topliss-reactive ketones (excluding diaryl/α,β-unsaturated/α-hetero) is 1. The third-order valence-corrected chi connectivity index (χ3v) is 2.93. The highest BCUT2D eigenvalue weighted by Crippen LogP contribution is 2.30. The lowest BCUT2D eigenvalue weighted by molar-refractivity contribution is -0.119. The van der Waals surface area contributed by atoms with Crippen molar-refractivity contribution in [1.82, 2.24) is 10.3 Å². The second-order valence-corrected chi connectivity index (χ2v) is 3.99. The molecule has 0 spiro atoms. The van der Waals surface area contributed by atoms with Crippen molar-refractivity contribution in [3.05, 3.63) is 29.6 Å². The maximum Gasteiger partial charge on any atom is 0.155 e. The zero-order valence-corrected chi connectivity index (χ0v) is 8.99. The van der Waals surface area contributed by atoms with Gasteiger partial charge >= 0.3 is 0 Å². The van der Waals surface area contributed by atoms with Gasteiger partial charge in [0.25, 0.3) is 0 Å². The van der Waals surface area contributed by atoms with Crippen molar-refractivity contribution in [3.63, 3.8) is 0 Å². The fraction of sp³-hybridized carbons (Fsp3) is 0.500. The van der Waals surface area contributed by atoms with Gasteiger partial charge in [0.15, 0.2) is 5.78 Å². The number of carbonyl (C=O) groups excluding carboxylic acids is 1. The first-order valence-electron chi connectivity index (χ1n) is 5.44. The number of aromatic nitrogens is 1. The number of likely N-dealkylation sites (N-methyl/N-ethyl adjacent to an activating group) is 1. The summed E-state index contributed by atoms with van der Waals surface area (Å²) in [5, 5.41) is 2.92. The summed E-state index contributed by atoms with van der Waals surface area (Å²) in [7, 11) is 1.81. The molecule has 0 saturated carbocycles. The molecule has 0 aromatic carbocycles. The van der Waals surface area contributed by atoms with E-state index in [1.165, 1.54) is 5.56 Å². The van der Waals surface area contributed by atoms with Gasteiger partial charge < -0.3 is 5.32 Å². The summed E-state index contributed by atoms with van der Waals surface area (Å²) < 4.78 is 0. The summed E-state index contributed by atoms with van der Waals surface area (Å²) in [5.41, 5.74) is 2.25. The molecule has 1 aliphatic carbocycles. The molecule has 0 radical (unpaired) electrons. The summed E-state index contributed by atoms with van der Waals surface area (Å²) in [4.78, 5) is 16.2. The summed E-state index contributed by atoms with van der Waals surface area (Å²) in [6.45, 7) is 0.445. The number of carbonyl (C=O) groups is 1. The Morgan fingerprint density at radius 1 is 1.67 bits per heavy atom. The molecular formula is C12H16N2O. The van der Waals surface area contributed by atoms with Gasteiger partial charge in [-0.05, 0) is 37.9 Å². The van der Waals surface area contributed by atoms with E-state index in [-0.39, 0.29) is 11.7 Å². The smallest absolute Gasteiger partial charge is 0.155 e. The first-order chi connectivity index (χ1) is 7.33. The number of hydrogen-bond donors (Lipinski definition) is 1. The van der Waals surface area contributed by atoms with E-state index in [2.05, 4.69) is 16.4 Å². The Balaban J connectivity index is 2.25. The topological polar surface area (TPSA) is 42.0 Å². The number of hydrogen-bond acceptors (Lipinski definition) is 3. The molecule has 0 aliphatic heterocycles. The molecule has 1 heterocycles. The lowest BCUT2D eigenvalue weighted by Crippen LogP contribution is -2.27. The third-order valence-electron chi connectivity index (χ3n) is 2.93. The van der Waals surface area contributed by atoms with Crippen molar-refractivity contribution in [3.8, 4) is 0 Å². The van der Waals surface area contributed by atoms with E-state index in [0.717, 1.165) is 25.0 Å². The zero-order valence-electron chi connectivity index (χ0n) is 8.99. The van der Waals surface area contributed by atoms with E-state index in [1.807, 2.05) is 6.07 Å². The van der Waals surface area contributed by atoms with Gasteiger partial charge in [-0.2, -0.15) is 0 Å². The quantitative estimate of drug-likeness (QED) is 0.806. The molecule has 1 unspecified atom stereocenters. The van der Waals surface area contributed by atoms with Gasteiger partial charge in [-0.25, -0.2) is 0 Å². The van der Waals surface area contributed by atoms with Gasteiger partial charge in [0.05, 0.1) is 18.2 Å². The Morgan fingerprint density at radius 2 is 2.53 bits per heavy atom. The number of nitrogens with one attached hydrogen (secondary N) is 1. The fourth-order valence-corrected chi connectivity index (χ4v) is 2.22. The van der Waals surface area contributed by atoms with Crippen molar-refractivity contribution >= 4 is 5.78 Å². The van der Waals surface area contributed by atoms with Crippen LogP contribution < -0.4 is 5.32 Å². The molecule has 1 N–H and O–H groups in total. The third kappa shape index (κ3) is 2.07. The standard InChI is InChI=1S/C12H16N2O/c1-13-8-11(15)10-6-2-4-9-5-3-7-14-12(9)10/h3,5,7,10,13H,2,4,6,8H2,1H3. The van der Waals surface area contributed by atoms with E-state index in [0.29, 0.717) is 6.54 Å². The van der Waals surface area contributed by atoms with E-state index in [9.17, 15) is 4.79 Å². The molecule has 2 rings (SSSR count). The lowest BCUT2D eigenvalue weighted by atomic mass is 9.84. The Kier molecular flexibility index (Phi) is 3.11. The lowest BCUT2D eigenvalue weighted by Gasteiger charge is -2.22. The first kappa shape index (κ1) is 10.3. The van der Waals surface area contributed by atoms with Crippen molar-refractivity contribution in [2.45, 2.75) is 25.2 Å². The molecule has 1 atom stereocenters. The minimum absolute atomic E-state index is 0.0161. The highest BCUT2D eigenvalue weighted by molar-refractivity contribution is 5.87. The van der Waals surface area contributed by atoms with Gasteiger partial charge in [0.1, 0.15) is 0 Å².